The number of ether oxygens (including phenoxy) is 2. The topological polar surface area (TPSA) is 18.5 Å². The van der Waals surface area contributed by atoms with Crippen LogP contribution in [0.4, 0.5) is 0 Å². The third-order valence-corrected chi connectivity index (χ3v) is 1.32. The Bertz CT molecular complexity index is 175. The van der Waals surface area contributed by atoms with Crippen molar-refractivity contribution >= 4 is 0 Å². The Morgan fingerprint density at radius 3 is 2.08 bits per heavy atom. The maximum Gasteiger partial charge on any atom is 0.116 e. The second-order valence-corrected chi connectivity index (χ2v) is 3.63. The molecule has 0 unspecified atom stereocenters. The van der Waals surface area contributed by atoms with Crippen molar-refractivity contribution in [2.45, 2.75) is 26.4 Å². The maximum atomic E-state index is 5.47. The Morgan fingerprint density at radius 2 is 1.75 bits per heavy atom. The summed E-state index contributed by atoms with van der Waals surface area (Å²) in [5.74, 6) is 0.583. The van der Waals surface area contributed by atoms with Gasteiger partial charge >= 0.3 is 0 Å². The number of hydrogen-bond donors (Lipinski definition) is 0. The third-order valence-electron chi connectivity index (χ3n) is 1.32. The van der Waals surface area contributed by atoms with Gasteiger partial charge in [0.1, 0.15) is 5.76 Å². The number of hydrogen-bond acceptors (Lipinski definition) is 2. The fourth-order valence-corrected chi connectivity index (χ4v) is 0.528. The minimum absolute atomic E-state index is 0.142. The fourth-order valence-electron chi connectivity index (χ4n) is 0.528. The lowest BCUT2D eigenvalue weighted by atomic mass is 10.2. The van der Waals surface area contributed by atoms with Gasteiger partial charge in [-0.15, -0.1) is 0 Å². The molecule has 2 nitrogen and oxygen atoms in total. The van der Waals surface area contributed by atoms with E-state index in [0.29, 0.717) is 12.4 Å². The second-order valence-electron chi connectivity index (χ2n) is 3.63. The molecule has 0 aromatic rings. The van der Waals surface area contributed by atoms with Crippen molar-refractivity contribution in [1.82, 2.24) is 0 Å². The van der Waals surface area contributed by atoms with Crippen LogP contribution in [-0.2, 0) is 9.47 Å². The molecule has 0 aliphatic carbocycles. The predicted octanol–water partition coefficient (Wildman–Crippen LogP) is 2.52. The van der Waals surface area contributed by atoms with Crippen molar-refractivity contribution in [3.8, 4) is 0 Å². The lowest BCUT2D eigenvalue weighted by molar-refractivity contribution is 0.0101. The van der Waals surface area contributed by atoms with E-state index in [9.17, 15) is 0 Å². The average molecular weight is 170 g/mol. The Kier molecular flexibility index (Phi) is 4.04. The summed E-state index contributed by atoms with van der Waals surface area (Å²) in [5, 5.41) is 0. The van der Waals surface area contributed by atoms with E-state index in [2.05, 4.69) is 13.2 Å². The average Bonchev–Trinajstić information content (AvgIpc) is 1.97. The van der Waals surface area contributed by atoms with Crippen LogP contribution < -0.4 is 0 Å². The Hall–Kier alpha value is -0.760. The van der Waals surface area contributed by atoms with E-state index in [4.69, 9.17) is 9.47 Å². The highest BCUT2D eigenvalue weighted by molar-refractivity contribution is 5.19. The molecule has 0 aliphatic rings. The molecular formula is C10H18O2. The standard InChI is InChI=1S/C10H18O2/c1-8(9(2)11-6)7-12-10(3,4)5/h1-2,7H2,3-6H3. The maximum absolute atomic E-state index is 5.47. The van der Waals surface area contributed by atoms with E-state index in [1.165, 1.54) is 0 Å². The van der Waals surface area contributed by atoms with Gasteiger partial charge in [0.15, 0.2) is 0 Å². The van der Waals surface area contributed by atoms with Crippen molar-refractivity contribution < 1.29 is 9.47 Å². The zero-order chi connectivity index (χ0) is 9.78. The summed E-state index contributed by atoms with van der Waals surface area (Å²) in [7, 11) is 1.57. The molecule has 2 heteroatoms. The SMILES string of the molecule is C=C(COC(C)(C)C)C(=C)OC. The summed E-state index contributed by atoms with van der Waals surface area (Å²) in [5.41, 5.74) is 0.643. The molecule has 0 radical (unpaired) electrons. The predicted molar refractivity (Wildman–Crippen MR) is 51.0 cm³/mol. The minimum atomic E-state index is -0.142. The summed E-state index contributed by atoms with van der Waals surface area (Å²) in [4.78, 5) is 0. The first-order valence-corrected chi connectivity index (χ1v) is 3.92. The van der Waals surface area contributed by atoms with Crippen molar-refractivity contribution in [3.05, 3.63) is 24.5 Å². The molecule has 0 aliphatic heterocycles. The highest BCUT2D eigenvalue weighted by Crippen LogP contribution is 2.12. The molecule has 70 valence electrons. The van der Waals surface area contributed by atoms with E-state index in [1.807, 2.05) is 20.8 Å². The summed E-state index contributed by atoms with van der Waals surface area (Å²) >= 11 is 0. The van der Waals surface area contributed by atoms with Crippen LogP contribution in [0.5, 0.6) is 0 Å². The zero-order valence-corrected chi connectivity index (χ0v) is 8.44. The van der Waals surface area contributed by atoms with E-state index >= 15 is 0 Å². The zero-order valence-electron chi connectivity index (χ0n) is 8.44. The van der Waals surface area contributed by atoms with Crippen LogP contribution in [0.3, 0.4) is 0 Å². The van der Waals surface area contributed by atoms with Crippen LogP contribution in [0, 0.1) is 0 Å². The van der Waals surface area contributed by atoms with Crippen molar-refractivity contribution in [2.75, 3.05) is 13.7 Å². The number of methoxy groups -OCH3 is 1. The van der Waals surface area contributed by atoms with E-state index in [0.717, 1.165) is 5.57 Å². The van der Waals surface area contributed by atoms with Gasteiger partial charge in [-0.1, -0.05) is 13.2 Å². The minimum Gasteiger partial charge on any atom is -0.497 e. The van der Waals surface area contributed by atoms with Gasteiger partial charge < -0.3 is 9.47 Å². The molecule has 0 saturated carbocycles. The Balaban J connectivity index is 3.80. The van der Waals surface area contributed by atoms with Gasteiger partial charge in [-0.25, -0.2) is 0 Å². The normalized spacial score (nSPS) is 11.0. The van der Waals surface area contributed by atoms with E-state index in [1.54, 1.807) is 7.11 Å². The molecule has 12 heavy (non-hydrogen) atoms. The van der Waals surface area contributed by atoms with Crippen LogP contribution in [0.2, 0.25) is 0 Å². The highest BCUT2D eigenvalue weighted by atomic mass is 16.5. The van der Waals surface area contributed by atoms with E-state index < -0.39 is 0 Å². The Labute approximate surface area is 74.9 Å². The molecule has 0 bridgehead atoms. The van der Waals surface area contributed by atoms with E-state index in [-0.39, 0.29) is 5.60 Å². The highest BCUT2D eigenvalue weighted by Gasteiger charge is 2.11. The first-order chi connectivity index (χ1) is 5.37. The molecule has 0 amide bonds. The molecule has 0 fully saturated rings. The lowest BCUT2D eigenvalue weighted by Gasteiger charge is -2.20. The summed E-state index contributed by atoms with van der Waals surface area (Å²) in [6.07, 6.45) is 0. The van der Waals surface area contributed by atoms with Crippen LogP contribution in [0.25, 0.3) is 0 Å². The fraction of sp³-hybridized carbons (Fsp3) is 0.600. The van der Waals surface area contributed by atoms with Crippen LogP contribution in [-0.4, -0.2) is 19.3 Å². The smallest absolute Gasteiger partial charge is 0.116 e. The molecule has 0 rings (SSSR count). The quantitative estimate of drug-likeness (QED) is 0.477. The molecule has 0 saturated heterocycles. The monoisotopic (exact) mass is 170 g/mol. The molecule has 0 N–H and O–H groups in total. The van der Waals surface area contributed by atoms with Crippen molar-refractivity contribution in [3.63, 3.8) is 0 Å². The van der Waals surface area contributed by atoms with Gasteiger partial charge in [0.05, 0.1) is 19.3 Å². The van der Waals surface area contributed by atoms with Crippen LogP contribution in [0.15, 0.2) is 24.5 Å². The second kappa shape index (κ2) is 4.31. The summed E-state index contributed by atoms with van der Waals surface area (Å²) < 4.78 is 10.4. The van der Waals surface area contributed by atoms with Gasteiger partial charge in [-0.05, 0) is 20.8 Å². The van der Waals surface area contributed by atoms with Gasteiger partial charge in [-0.3, -0.25) is 0 Å². The van der Waals surface area contributed by atoms with Gasteiger partial charge in [0.25, 0.3) is 0 Å². The van der Waals surface area contributed by atoms with Crippen molar-refractivity contribution in [2.24, 2.45) is 0 Å². The van der Waals surface area contributed by atoms with Crippen LogP contribution >= 0.6 is 0 Å². The number of rotatable bonds is 4. The first kappa shape index (κ1) is 11.2. The van der Waals surface area contributed by atoms with Crippen molar-refractivity contribution in [1.29, 1.82) is 0 Å². The lowest BCUT2D eigenvalue weighted by Crippen LogP contribution is -2.20. The third kappa shape index (κ3) is 4.97. The molecule has 0 heterocycles. The van der Waals surface area contributed by atoms with Gasteiger partial charge in [0, 0.05) is 5.57 Å². The van der Waals surface area contributed by atoms with Gasteiger partial charge in [-0.2, -0.15) is 0 Å². The molecule has 0 aromatic carbocycles. The molecule has 0 aromatic heterocycles. The molecule has 0 atom stereocenters. The first-order valence-electron chi connectivity index (χ1n) is 3.92. The largest absolute Gasteiger partial charge is 0.497 e. The van der Waals surface area contributed by atoms with Crippen LogP contribution in [0.1, 0.15) is 20.8 Å². The molecular weight excluding hydrogens is 152 g/mol. The summed E-state index contributed by atoms with van der Waals surface area (Å²) in [6, 6.07) is 0. The molecule has 0 spiro atoms. The summed E-state index contributed by atoms with van der Waals surface area (Å²) in [6.45, 7) is 13.9. The van der Waals surface area contributed by atoms with Gasteiger partial charge in [0.2, 0.25) is 0 Å². The Morgan fingerprint density at radius 1 is 1.25 bits per heavy atom.